The average molecular weight is 817 g/mol. The quantitative estimate of drug-likeness (QED) is 0.134. The van der Waals surface area contributed by atoms with Crippen LogP contribution in [-0.2, 0) is 44.6 Å². The summed E-state index contributed by atoms with van der Waals surface area (Å²) in [7, 11) is 1.37. The lowest BCUT2D eigenvalue weighted by atomic mass is 9.75. The molecular formula is C41H61FN6O10. The Labute approximate surface area is 339 Å². The first-order valence-electron chi connectivity index (χ1n) is 20.2. The van der Waals surface area contributed by atoms with Gasteiger partial charge in [0.15, 0.2) is 17.7 Å². The molecule has 1 aromatic heterocycles. The number of nitrogens with zero attached hydrogens (tertiary/aromatic N) is 4. The number of aromatic nitrogens is 3. The number of Topliss-reactive ketones (excluding diaryl/α,β-unsaturated/α-hetero) is 2. The predicted octanol–water partition coefficient (Wildman–Crippen LogP) is 4.00. The zero-order chi connectivity index (χ0) is 42.9. The van der Waals surface area contributed by atoms with Gasteiger partial charge in [-0.15, -0.1) is 5.10 Å². The van der Waals surface area contributed by atoms with Crippen LogP contribution in [0.1, 0.15) is 87.5 Å². The van der Waals surface area contributed by atoms with Gasteiger partial charge in [0.25, 0.3) is 5.67 Å². The monoisotopic (exact) mass is 816 g/mol. The number of aliphatic hydroxyl groups is 1. The highest BCUT2D eigenvalue weighted by atomic mass is 19.1. The zero-order valence-electron chi connectivity index (χ0n) is 35.1. The average Bonchev–Trinajstić information content (AvgIpc) is 3.75. The molecule has 17 heteroatoms. The number of nitrogens with two attached hydrogens (primary N) is 2. The lowest BCUT2D eigenvalue weighted by molar-refractivity contribution is -0.297. The number of amides is 1. The van der Waals surface area contributed by atoms with Gasteiger partial charge in [0.05, 0.1) is 30.0 Å². The number of benzene rings is 1. The van der Waals surface area contributed by atoms with Crippen molar-refractivity contribution in [2.45, 2.75) is 154 Å². The Balaban J connectivity index is 1.42. The van der Waals surface area contributed by atoms with E-state index in [4.69, 9.17) is 35.2 Å². The van der Waals surface area contributed by atoms with Crippen LogP contribution in [0.15, 0.2) is 30.5 Å². The normalized spacial score (nSPS) is 37.9. The maximum atomic E-state index is 16.8. The van der Waals surface area contributed by atoms with Gasteiger partial charge in [0.2, 0.25) is 0 Å². The van der Waals surface area contributed by atoms with Crippen LogP contribution in [0.5, 0.6) is 0 Å². The molecule has 3 aliphatic rings. The largest absolute Gasteiger partial charge is 0.455 e. The van der Waals surface area contributed by atoms with Crippen molar-refractivity contribution in [2.75, 3.05) is 19.4 Å². The van der Waals surface area contributed by atoms with Gasteiger partial charge in [-0.05, 0) is 71.4 Å². The molecule has 322 valence electrons. The van der Waals surface area contributed by atoms with E-state index in [1.54, 1.807) is 45.4 Å². The number of hydrogen-bond donors (Lipinski definition) is 3. The van der Waals surface area contributed by atoms with E-state index in [2.05, 4.69) is 10.3 Å². The molecule has 0 bridgehead atoms. The number of aryl methyl sites for hydroxylation is 1. The van der Waals surface area contributed by atoms with Crippen molar-refractivity contribution in [1.29, 1.82) is 0 Å². The number of alkyl halides is 1. The number of cyclic esters (lactones) is 1. The third-order valence-corrected chi connectivity index (χ3v) is 12.7. The fraction of sp³-hybridized carbons (Fsp3) is 0.707. The standard InChI is InChI=1S/C41H61FN6O10/c1-10-31-41(8)30(48(38(53)58-41)17-12-11-16-47-21-28(45-46-47)26-14-13-15-27(43)18-26)19-29(49)22(2)20-39(6,54-9)35(24(4)34(51)40(7,42)37(52)56-31)57-36-33(50)32(44)23(3)25(5)55-36/h13-15,18,21-25,30-33,35-36,50H,10-12,16-17,19-20,43-44H2,1-9H3. The number of halogens is 1. The van der Waals surface area contributed by atoms with E-state index in [0.29, 0.717) is 30.8 Å². The van der Waals surface area contributed by atoms with Crippen LogP contribution < -0.4 is 11.5 Å². The second-order valence-corrected chi connectivity index (χ2v) is 16.9. The smallest absolute Gasteiger partial charge is 0.410 e. The lowest BCUT2D eigenvalue weighted by Gasteiger charge is -2.47. The summed E-state index contributed by atoms with van der Waals surface area (Å²) < 4.78 is 48.6. The molecule has 0 aliphatic carbocycles. The highest BCUT2D eigenvalue weighted by Gasteiger charge is 2.60. The van der Waals surface area contributed by atoms with E-state index in [1.165, 1.54) is 18.9 Å². The van der Waals surface area contributed by atoms with E-state index in [9.17, 15) is 24.3 Å². The van der Waals surface area contributed by atoms with Crippen LogP contribution >= 0.6 is 0 Å². The Kier molecular flexibility index (Phi) is 13.7. The van der Waals surface area contributed by atoms with E-state index in [-0.39, 0.29) is 37.5 Å². The molecule has 16 nitrogen and oxygen atoms in total. The number of fused-ring (bicyclic) bond motifs is 1. The molecular weight excluding hydrogens is 755 g/mol. The number of carbonyl (C=O) groups excluding carboxylic acids is 4. The number of rotatable bonds is 10. The van der Waals surface area contributed by atoms with Crippen molar-refractivity contribution in [1.82, 2.24) is 19.9 Å². The summed E-state index contributed by atoms with van der Waals surface area (Å²) in [4.78, 5) is 57.4. The van der Waals surface area contributed by atoms with Crippen molar-refractivity contribution >= 4 is 29.3 Å². The third kappa shape index (κ3) is 8.93. The molecule has 0 spiro atoms. The highest BCUT2D eigenvalue weighted by molar-refractivity contribution is 6.08. The molecule has 13 unspecified atom stereocenters. The second kappa shape index (κ2) is 17.7. The number of methoxy groups -OCH3 is 1. The molecule has 0 saturated carbocycles. The Morgan fingerprint density at radius 2 is 1.76 bits per heavy atom. The Morgan fingerprint density at radius 1 is 1.07 bits per heavy atom. The van der Waals surface area contributed by atoms with Crippen molar-refractivity contribution in [2.24, 2.45) is 23.5 Å². The fourth-order valence-electron chi connectivity index (χ4n) is 8.60. The predicted molar refractivity (Wildman–Crippen MR) is 210 cm³/mol. The first kappa shape index (κ1) is 45.1. The molecule has 3 fully saturated rings. The number of aliphatic hydroxyl groups excluding tert-OH is 1. The number of ether oxygens (including phenoxy) is 5. The van der Waals surface area contributed by atoms with Gasteiger partial charge >= 0.3 is 12.1 Å². The molecule has 13 atom stereocenters. The van der Waals surface area contributed by atoms with Crippen molar-refractivity contribution in [3.05, 3.63) is 30.5 Å². The van der Waals surface area contributed by atoms with Crippen LogP contribution in [-0.4, -0.2) is 122 Å². The summed E-state index contributed by atoms with van der Waals surface area (Å²) >= 11 is 0. The van der Waals surface area contributed by atoms with Gasteiger partial charge in [-0.25, -0.2) is 14.0 Å². The molecule has 1 amide bonds. The molecule has 0 radical (unpaired) electrons. The highest BCUT2D eigenvalue weighted by Crippen LogP contribution is 2.42. The summed E-state index contributed by atoms with van der Waals surface area (Å²) in [6.07, 6.45) is -3.65. The number of carbonyl (C=O) groups is 4. The molecule has 1 aromatic carbocycles. The summed E-state index contributed by atoms with van der Waals surface area (Å²) in [5.41, 5.74) is 8.09. The topological polar surface area (TPSA) is 221 Å². The Morgan fingerprint density at radius 3 is 2.41 bits per heavy atom. The van der Waals surface area contributed by atoms with Crippen LogP contribution in [0.4, 0.5) is 14.9 Å². The van der Waals surface area contributed by atoms with Crippen LogP contribution in [0.25, 0.3) is 11.3 Å². The maximum absolute atomic E-state index is 16.8. The Bertz CT molecular complexity index is 1810. The van der Waals surface area contributed by atoms with Gasteiger partial charge in [-0.2, -0.15) is 0 Å². The summed E-state index contributed by atoms with van der Waals surface area (Å²) in [5.74, 6) is -5.29. The molecule has 3 saturated heterocycles. The first-order chi connectivity index (χ1) is 27.2. The second-order valence-electron chi connectivity index (χ2n) is 16.9. The Hall–Kier alpha value is -4.03. The van der Waals surface area contributed by atoms with Gasteiger partial charge in [0.1, 0.15) is 23.7 Å². The molecule has 4 heterocycles. The summed E-state index contributed by atoms with van der Waals surface area (Å²) in [5, 5.41) is 19.6. The van der Waals surface area contributed by atoms with Crippen molar-refractivity contribution in [3.8, 4) is 11.3 Å². The number of hydrogen-bond acceptors (Lipinski definition) is 14. The number of anilines is 1. The molecule has 3 aliphatic heterocycles. The van der Waals surface area contributed by atoms with E-state index in [0.717, 1.165) is 12.5 Å². The van der Waals surface area contributed by atoms with Crippen molar-refractivity contribution < 1.29 is 52.4 Å². The van der Waals surface area contributed by atoms with Gasteiger partial charge in [-0.1, -0.05) is 45.0 Å². The van der Waals surface area contributed by atoms with Crippen LogP contribution in [0.3, 0.4) is 0 Å². The maximum Gasteiger partial charge on any atom is 0.410 e. The minimum absolute atomic E-state index is 0.0240. The fourth-order valence-corrected chi connectivity index (χ4v) is 8.60. The van der Waals surface area contributed by atoms with E-state index < -0.39 is 89.3 Å². The molecule has 58 heavy (non-hydrogen) atoms. The van der Waals surface area contributed by atoms with Gasteiger partial charge in [-0.3, -0.25) is 14.3 Å². The third-order valence-electron chi connectivity index (χ3n) is 12.7. The van der Waals surface area contributed by atoms with Gasteiger partial charge < -0.3 is 45.2 Å². The van der Waals surface area contributed by atoms with Crippen LogP contribution in [0.2, 0.25) is 0 Å². The zero-order valence-corrected chi connectivity index (χ0v) is 35.1. The van der Waals surface area contributed by atoms with E-state index >= 15 is 4.39 Å². The molecule has 5 rings (SSSR count). The van der Waals surface area contributed by atoms with Crippen LogP contribution in [0, 0.1) is 17.8 Å². The molecule has 2 aromatic rings. The number of ketones is 2. The lowest BCUT2D eigenvalue weighted by Crippen LogP contribution is -2.62. The first-order valence-corrected chi connectivity index (χ1v) is 20.2. The SMILES string of the molecule is CCC1OC(=O)C(C)(F)C(=O)C(C)C(OC2OC(C)C(C)C(N)C2O)C(C)(OC)CC(C)C(=O)CC2N(CCCCn3cc(-c4cccc(N)c4)nn3)C(=O)OC12C. The molecule has 5 N–H and O–H groups in total. The van der Waals surface area contributed by atoms with E-state index in [1.807, 2.05) is 31.3 Å². The summed E-state index contributed by atoms with van der Waals surface area (Å²) in [6, 6.07) is 5.65. The number of unbranched alkanes of at least 4 members (excludes halogenated alkanes) is 1. The number of nitrogen functional groups attached to an aromatic ring is 1. The van der Waals surface area contributed by atoms with Crippen molar-refractivity contribution in [3.63, 3.8) is 0 Å². The number of esters is 1. The summed E-state index contributed by atoms with van der Waals surface area (Å²) in [6.45, 7) is 13.0. The van der Waals surface area contributed by atoms with Gasteiger partial charge in [0, 0.05) is 55.7 Å². The minimum atomic E-state index is -3.19. The minimum Gasteiger partial charge on any atom is -0.455 e.